The molecule has 2 N–H and O–H groups in total. The molecule has 86 valence electrons. The summed E-state index contributed by atoms with van der Waals surface area (Å²) < 4.78 is 0. The summed E-state index contributed by atoms with van der Waals surface area (Å²) in [7, 11) is 1.74. The number of nitrogens with one attached hydrogen (secondary N) is 1. The van der Waals surface area contributed by atoms with Crippen molar-refractivity contribution in [2.75, 3.05) is 25.5 Å². The molecular formula is C10H14N4O2. The van der Waals surface area contributed by atoms with E-state index in [-0.39, 0.29) is 5.91 Å². The lowest BCUT2D eigenvalue weighted by atomic mass is 10.3. The van der Waals surface area contributed by atoms with Gasteiger partial charge in [0.05, 0.1) is 6.10 Å². The second-order valence-electron chi connectivity index (χ2n) is 3.75. The lowest BCUT2D eigenvalue weighted by Gasteiger charge is -2.14. The van der Waals surface area contributed by atoms with Crippen molar-refractivity contribution in [3.63, 3.8) is 0 Å². The van der Waals surface area contributed by atoms with E-state index in [2.05, 4.69) is 15.5 Å². The molecule has 1 fully saturated rings. The Hall–Kier alpha value is -1.69. The van der Waals surface area contributed by atoms with Crippen LogP contribution in [0.25, 0.3) is 0 Å². The molecule has 2 heterocycles. The van der Waals surface area contributed by atoms with Crippen molar-refractivity contribution in [1.82, 2.24) is 15.1 Å². The van der Waals surface area contributed by atoms with Crippen LogP contribution in [0.5, 0.6) is 0 Å². The number of hydrogen-bond donors (Lipinski definition) is 2. The number of aliphatic hydroxyl groups is 1. The molecule has 6 nitrogen and oxygen atoms in total. The number of β-amino-alcohol motifs (C(OH)–C–C–N with tert-alkyl or cyclic N) is 1. The number of likely N-dealkylation sites (tertiary alicyclic amines) is 1. The number of amides is 1. The summed E-state index contributed by atoms with van der Waals surface area (Å²) >= 11 is 0. The molecule has 1 unspecified atom stereocenters. The Kier molecular flexibility index (Phi) is 3.00. The number of hydrogen-bond acceptors (Lipinski definition) is 5. The zero-order valence-electron chi connectivity index (χ0n) is 9.05. The van der Waals surface area contributed by atoms with Crippen molar-refractivity contribution in [1.29, 1.82) is 0 Å². The third-order valence-electron chi connectivity index (χ3n) is 2.59. The van der Waals surface area contributed by atoms with Crippen molar-refractivity contribution in [3.8, 4) is 0 Å². The smallest absolute Gasteiger partial charge is 0.274 e. The Morgan fingerprint density at radius 2 is 2.38 bits per heavy atom. The standard InChI is InChI=1S/C10H14N4O2/c1-11-9-3-2-8(12-13-9)10(16)14-5-4-7(15)6-14/h2-3,7,15H,4-6H2,1H3,(H,11,13). The molecule has 0 radical (unpaired) electrons. The van der Waals surface area contributed by atoms with Crippen LogP contribution in [0.3, 0.4) is 0 Å². The SMILES string of the molecule is CNc1ccc(C(=O)N2CCC(O)C2)nn1. The molecule has 1 aliphatic rings. The minimum atomic E-state index is -0.409. The Morgan fingerprint density at radius 1 is 1.56 bits per heavy atom. The maximum Gasteiger partial charge on any atom is 0.274 e. The molecule has 16 heavy (non-hydrogen) atoms. The fraction of sp³-hybridized carbons (Fsp3) is 0.500. The van der Waals surface area contributed by atoms with Gasteiger partial charge in [-0.05, 0) is 18.6 Å². The highest BCUT2D eigenvalue weighted by Gasteiger charge is 2.26. The first kappa shape index (κ1) is 10.8. The number of rotatable bonds is 2. The van der Waals surface area contributed by atoms with Gasteiger partial charge in [-0.3, -0.25) is 4.79 Å². The van der Waals surface area contributed by atoms with Gasteiger partial charge in [0.15, 0.2) is 5.69 Å². The van der Waals surface area contributed by atoms with Crippen molar-refractivity contribution in [2.24, 2.45) is 0 Å². The van der Waals surface area contributed by atoms with E-state index >= 15 is 0 Å². The van der Waals surface area contributed by atoms with Gasteiger partial charge < -0.3 is 15.3 Å². The Labute approximate surface area is 93.3 Å². The fourth-order valence-corrected chi connectivity index (χ4v) is 1.67. The topological polar surface area (TPSA) is 78.4 Å². The molecule has 0 spiro atoms. The monoisotopic (exact) mass is 222 g/mol. The van der Waals surface area contributed by atoms with Gasteiger partial charge >= 0.3 is 0 Å². The molecule has 6 heteroatoms. The van der Waals surface area contributed by atoms with Crippen molar-refractivity contribution < 1.29 is 9.90 Å². The van der Waals surface area contributed by atoms with E-state index in [4.69, 9.17) is 0 Å². The number of carbonyl (C=O) groups excluding carboxylic acids is 1. The molecule has 0 saturated carbocycles. The summed E-state index contributed by atoms with van der Waals surface area (Å²) in [6.07, 6.45) is 0.224. The van der Waals surface area contributed by atoms with E-state index in [0.29, 0.717) is 31.0 Å². The summed E-state index contributed by atoms with van der Waals surface area (Å²) in [6.45, 7) is 0.962. The number of carbonyl (C=O) groups is 1. The van der Waals surface area contributed by atoms with E-state index in [9.17, 15) is 9.90 Å². The van der Waals surface area contributed by atoms with Crippen LogP contribution in [0.1, 0.15) is 16.9 Å². The van der Waals surface area contributed by atoms with Crippen LogP contribution in [-0.4, -0.2) is 52.4 Å². The van der Waals surface area contributed by atoms with Crippen LogP contribution in [0.4, 0.5) is 5.82 Å². The molecule has 1 saturated heterocycles. The van der Waals surface area contributed by atoms with E-state index in [1.807, 2.05) is 0 Å². The van der Waals surface area contributed by atoms with Gasteiger partial charge in [-0.2, -0.15) is 0 Å². The first-order valence-electron chi connectivity index (χ1n) is 5.19. The van der Waals surface area contributed by atoms with Crippen molar-refractivity contribution in [2.45, 2.75) is 12.5 Å². The predicted molar refractivity (Wildman–Crippen MR) is 58.1 cm³/mol. The number of anilines is 1. The van der Waals surface area contributed by atoms with Crippen LogP contribution in [0, 0.1) is 0 Å². The van der Waals surface area contributed by atoms with Crippen LogP contribution in [0.2, 0.25) is 0 Å². The molecule has 1 amide bonds. The van der Waals surface area contributed by atoms with E-state index in [0.717, 1.165) is 0 Å². The van der Waals surface area contributed by atoms with Gasteiger partial charge in [-0.15, -0.1) is 10.2 Å². The van der Waals surface area contributed by atoms with E-state index in [1.54, 1.807) is 24.1 Å². The van der Waals surface area contributed by atoms with Crippen LogP contribution in [-0.2, 0) is 0 Å². The van der Waals surface area contributed by atoms with E-state index in [1.165, 1.54) is 0 Å². The molecule has 1 aliphatic heterocycles. The first-order chi connectivity index (χ1) is 7.70. The quantitative estimate of drug-likeness (QED) is 0.720. The van der Waals surface area contributed by atoms with Crippen LogP contribution in [0.15, 0.2) is 12.1 Å². The van der Waals surface area contributed by atoms with Crippen LogP contribution >= 0.6 is 0 Å². The minimum absolute atomic E-state index is 0.174. The average molecular weight is 222 g/mol. The molecule has 0 aliphatic carbocycles. The minimum Gasteiger partial charge on any atom is -0.391 e. The predicted octanol–water partition coefficient (Wildman–Crippen LogP) is -0.275. The van der Waals surface area contributed by atoms with E-state index < -0.39 is 6.10 Å². The maximum absolute atomic E-state index is 11.9. The summed E-state index contributed by atoms with van der Waals surface area (Å²) in [5, 5.41) is 19.8. The molecule has 1 atom stereocenters. The lowest BCUT2D eigenvalue weighted by Crippen LogP contribution is -2.30. The Balaban J connectivity index is 2.08. The zero-order chi connectivity index (χ0) is 11.5. The number of nitrogens with zero attached hydrogens (tertiary/aromatic N) is 3. The summed E-state index contributed by atoms with van der Waals surface area (Å²) in [4.78, 5) is 13.5. The Bertz CT molecular complexity index is 379. The second-order valence-corrected chi connectivity index (χ2v) is 3.75. The molecule has 0 aromatic carbocycles. The zero-order valence-corrected chi connectivity index (χ0v) is 9.05. The lowest BCUT2D eigenvalue weighted by molar-refractivity contribution is 0.0758. The summed E-state index contributed by atoms with van der Waals surface area (Å²) in [6, 6.07) is 3.33. The van der Waals surface area contributed by atoms with Gasteiger partial charge in [0.1, 0.15) is 5.82 Å². The highest BCUT2D eigenvalue weighted by Crippen LogP contribution is 2.12. The number of aliphatic hydroxyl groups excluding tert-OH is 1. The van der Waals surface area contributed by atoms with Gasteiger partial charge in [-0.1, -0.05) is 0 Å². The van der Waals surface area contributed by atoms with Crippen molar-refractivity contribution >= 4 is 11.7 Å². The fourth-order valence-electron chi connectivity index (χ4n) is 1.67. The third kappa shape index (κ3) is 2.11. The molecule has 2 rings (SSSR count). The maximum atomic E-state index is 11.9. The van der Waals surface area contributed by atoms with Gasteiger partial charge in [0, 0.05) is 20.1 Å². The van der Waals surface area contributed by atoms with Crippen molar-refractivity contribution in [3.05, 3.63) is 17.8 Å². The first-order valence-corrected chi connectivity index (χ1v) is 5.19. The molecule has 1 aromatic heterocycles. The number of aromatic nitrogens is 2. The third-order valence-corrected chi connectivity index (χ3v) is 2.59. The van der Waals surface area contributed by atoms with Gasteiger partial charge in [-0.25, -0.2) is 0 Å². The van der Waals surface area contributed by atoms with Gasteiger partial charge in [0.2, 0.25) is 0 Å². The van der Waals surface area contributed by atoms with Gasteiger partial charge in [0.25, 0.3) is 5.91 Å². The summed E-state index contributed by atoms with van der Waals surface area (Å²) in [5.74, 6) is 0.449. The van der Waals surface area contributed by atoms with Crippen LogP contribution < -0.4 is 5.32 Å². The second kappa shape index (κ2) is 4.44. The highest BCUT2D eigenvalue weighted by molar-refractivity contribution is 5.92. The highest BCUT2D eigenvalue weighted by atomic mass is 16.3. The summed E-state index contributed by atoms with van der Waals surface area (Å²) in [5.41, 5.74) is 0.313. The Morgan fingerprint density at radius 3 is 2.88 bits per heavy atom. The normalized spacial score (nSPS) is 19.9. The molecule has 1 aromatic rings. The average Bonchev–Trinajstić information content (AvgIpc) is 2.75. The largest absolute Gasteiger partial charge is 0.391 e. The molecule has 0 bridgehead atoms. The molecular weight excluding hydrogens is 208 g/mol.